The Morgan fingerprint density at radius 2 is 1.61 bits per heavy atom. The number of pyridine rings is 1. The maximum atomic E-state index is 5.24. The van der Waals surface area contributed by atoms with Crippen LogP contribution in [0, 0.1) is 6.92 Å². The molecule has 3 heterocycles. The molecule has 36 heavy (non-hydrogen) atoms. The second-order valence-corrected chi connectivity index (χ2v) is 9.96. The first-order valence-corrected chi connectivity index (χ1v) is 12.8. The van der Waals surface area contributed by atoms with Crippen LogP contribution in [0.3, 0.4) is 0 Å². The third-order valence-corrected chi connectivity index (χ3v) is 7.67. The molecule has 0 saturated heterocycles. The van der Waals surface area contributed by atoms with Crippen molar-refractivity contribution in [3.63, 3.8) is 0 Å². The molecular formula is C34H31N2+. The number of nitrogens with zero attached hydrogens (tertiary/aromatic N) is 2. The number of hydrogen-bond donors (Lipinski definition) is 0. The van der Waals surface area contributed by atoms with Gasteiger partial charge in [0.15, 0.2) is 11.9 Å². The number of allylic oxidation sites excluding steroid dienone is 1. The summed E-state index contributed by atoms with van der Waals surface area (Å²) in [5.41, 5.74) is 12.2. The van der Waals surface area contributed by atoms with E-state index >= 15 is 0 Å². The van der Waals surface area contributed by atoms with E-state index in [0.29, 0.717) is 5.92 Å². The molecule has 2 aliphatic rings. The zero-order valence-electron chi connectivity index (χ0n) is 20.8. The number of fused-ring (bicyclic) bond motifs is 6. The van der Waals surface area contributed by atoms with Crippen LogP contribution in [0.4, 0.5) is 0 Å². The average Bonchev–Trinajstić information content (AvgIpc) is 2.92. The normalized spacial score (nSPS) is 18.7. The van der Waals surface area contributed by atoms with E-state index in [1.807, 2.05) is 6.08 Å². The molecule has 0 spiro atoms. The number of aliphatic imine (C=N–C) groups is 1. The van der Waals surface area contributed by atoms with E-state index in [1.165, 1.54) is 44.6 Å². The van der Waals surface area contributed by atoms with E-state index in [9.17, 15) is 0 Å². The third kappa shape index (κ3) is 3.83. The summed E-state index contributed by atoms with van der Waals surface area (Å²) in [7, 11) is 0. The van der Waals surface area contributed by atoms with Crippen LogP contribution in [0.15, 0.2) is 115 Å². The summed E-state index contributed by atoms with van der Waals surface area (Å²) < 4.78 is 2.34. The van der Waals surface area contributed by atoms with Gasteiger partial charge in [-0.1, -0.05) is 79.4 Å². The van der Waals surface area contributed by atoms with Gasteiger partial charge in [0.1, 0.15) is 0 Å². The highest BCUT2D eigenvalue weighted by molar-refractivity contribution is 6.10. The summed E-state index contributed by atoms with van der Waals surface area (Å²) >= 11 is 0. The van der Waals surface area contributed by atoms with Gasteiger partial charge < -0.3 is 0 Å². The quantitative estimate of drug-likeness (QED) is 0.270. The maximum absolute atomic E-state index is 5.24. The molecule has 0 aliphatic carbocycles. The molecule has 2 atom stereocenters. The molecule has 2 nitrogen and oxygen atoms in total. The van der Waals surface area contributed by atoms with E-state index in [2.05, 4.69) is 116 Å². The molecule has 0 bridgehead atoms. The van der Waals surface area contributed by atoms with Crippen molar-refractivity contribution < 1.29 is 4.57 Å². The van der Waals surface area contributed by atoms with Crippen LogP contribution in [0.2, 0.25) is 0 Å². The summed E-state index contributed by atoms with van der Waals surface area (Å²) in [5.74, 6) is 0.343. The largest absolute Gasteiger partial charge is 0.280 e. The van der Waals surface area contributed by atoms with Gasteiger partial charge in [-0.3, -0.25) is 4.99 Å². The van der Waals surface area contributed by atoms with Crippen molar-refractivity contribution in [2.24, 2.45) is 4.99 Å². The van der Waals surface area contributed by atoms with Gasteiger partial charge in [0.25, 0.3) is 0 Å². The fourth-order valence-electron chi connectivity index (χ4n) is 6.01. The lowest BCUT2D eigenvalue weighted by atomic mass is 9.78. The fourth-order valence-corrected chi connectivity index (χ4v) is 6.01. The van der Waals surface area contributed by atoms with Gasteiger partial charge in [-0.2, -0.15) is 4.57 Å². The van der Waals surface area contributed by atoms with E-state index in [-0.39, 0.29) is 6.04 Å². The third-order valence-electron chi connectivity index (χ3n) is 7.67. The molecule has 2 heteroatoms. The molecule has 0 fully saturated rings. The van der Waals surface area contributed by atoms with Crippen LogP contribution in [0.1, 0.15) is 41.0 Å². The van der Waals surface area contributed by atoms with Crippen LogP contribution in [0.25, 0.3) is 28.1 Å². The molecule has 0 radical (unpaired) electrons. The molecule has 3 aromatic carbocycles. The van der Waals surface area contributed by atoms with Crippen molar-refractivity contribution in [1.29, 1.82) is 0 Å². The van der Waals surface area contributed by atoms with Crippen molar-refractivity contribution in [3.05, 3.63) is 133 Å². The zero-order valence-corrected chi connectivity index (χ0v) is 20.8. The van der Waals surface area contributed by atoms with E-state index in [4.69, 9.17) is 4.99 Å². The Morgan fingerprint density at radius 3 is 2.42 bits per heavy atom. The summed E-state index contributed by atoms with van der Waals surface area (Å²) in [6.07, 6.45) is 7.00. The first kappa shape index (κ1) is 22.4. The van der Waals surface area contributed by atoms with E-state index in [0.717, 1.165) is 30.7 Å². The Morgan fingerprint density at radius 1 is 0.889 bits per heavy atom. The van der Waals surface area contributed by atoms with Gasteiger partial charge in [0, 0.05) is 17.0 Å². The monoisotopic (exact) mass is 467 g/mol. The predicted molar refractivity (Wildman–Crippen MR) is 150 cm³/mol. The molecule has 0 N–H and O–H groups in total. The molecule has 2 aliphatic heterocycles. The smallest absolute Gasteiger partial charge is 0.226 e. The van der Waals surface area contributed by atoms with Crippen molar-refractivity contribution in [2.75, 3.05) is 0 Å². The summed E-state index contributed by atoms with van der Waals surface area (Å²) in [5, 5.41) is 0. The Labute approximate surface area is 214 Å². The van der Waals surface area contributed by atoms with Gasteiger partial charge in [-0.15, -0.1) is 0 Å². The van der Waals surface area contributed by atoms with Gasteiger partial charge in [0.2, 0.25) is 5.69 Å². The standard InChI is InChI=1S/C34H31N2/c1-4-32-29-17-11-10-16-28(29)30-19-18-26-14-8-9-15-27(26)34-31(25-12-6-5-7-13-25)20-23(2)22-36(34)24(3)21-33(30)35-32/h4-17,20,22,30,33H,1,3,18-19,21H2,2H3/q+1. The Kier molecular flexibility index (Phi) is 5.73. The van der Waals surface area contributed by atoms with Crippen molar-refractivity contribution in [1.82, 2.24) is 0 Å². The Hall–Kier alpha value is -4.04. The minimum absolute atomic E-state index is 0.131. The Balaban J connectivity index is 1.58. The lowest BCUT2D eigenvalue weighted by Gasteiger charge is -2.32. The van der Waals surface area contributed by atoms with Crippen LogP contribution < -0.4 is 4.57 Å². The minimum atomic E-state index is 0.131. The van der Waals surface area contributed by atoms with Crippen LogP contribution in [0.5, 0.6) is 0 Å². The van der Waals surface area contributed by atoms with Gasteiger partial charge in [-0.05, 0) is 61.2 Å². The van der Waals surface area contributed by atoms with Crippen molar-refractivity contribution >= 4 is 11.4 Å². The lowest BCUT2D eigenvalue weighted by Crippen LogP contribution is -2.39. The number of aryl methyl sites for hydroxylation is 2. The van der Waals surface area contributed by atoms with Crippen LogP contribution in [-0.2, 0) is 6.42 Å². The van der Waals surface area contributed by atoms with Crippen molar-refractivity contribution in [2.45, 2.75) is 38.1 Å². The summed E-state index contributed by atoms with van der Waals surface area (Å²) in [6, 6.07) is 30.8. The van der Waals surface area contributed by atoms with Crippen molar-refractivity contribution in [3.8, 4) is 22.4 Å². The average molecular weight is 468 g/mol. The highest BCUT2D eigenvalue weighted by Gasteiger charge is 2.35. The second kappa shape index (κ2) is 9.20. The summed E-state index contributed by atoms with van der Waals surface area (Å²) in [6.45, 7) is 10.9. The Bertz CT molecular complexity index is 1510. The maximum Gasteiger partial charge on any atom is 0.226 e. The highest BCUT2D eigenvalue weighted by atomic mass is 15.0. The second-order valence-electron chi connectivity index (χ2n) is 9.96. The SMILES string of the molecule is C=CC1=NC2CC(=C)[n+]3cc(C)cc(-c4ccccc4)c3-c3ccccc3CCC2c2ccccc21. The van der Waals surface area contributed by atoms with Gasteiger partial charge in [0.05, 0.1) is 29.3 Å². The van der Waals surface area contributed by atoms with Gasteiger partial charge >= 0.3 is 0 Å². The first-order valence-electron chi connectivity index (χ1n) is 12.8. The molecule has 0 amide bonds. The fraction of sp³-hybridized carbons (Fsp3) is 0.176. The molecule has 0 saturated carbocycles. The molecule has 1 aromatic heterocycles. The molecule has 4 aromatic rings. The van der Waals surface area contributed by atoms with Crippen LogP contribution >= 0.6 is 0 Å². The molecule has 176 valence electrons. The topological polar surface area (TPSA) is 16.2 Å². The van der Waals surface area contributed by atoms with E-state index < -0.39 is 0 Å². The van der Waals surface area contributed by atoms with Crippen LogP contribution in [-0.4, -0.2) is 11.8 Å². The minimum Gasteiger partial charge on any atom is -0.280 e. The number of aromatic nitrogens is 1. The zero-order chi connectivity index (χ0) is 24.6. The highest BCUT2D eigenvalue weighted by Crippen LogP contribution is 2.40. The molecule has 2 unspecified atom stereocenters. The molecular weight excluding hydrogens is 436 g/mol. The lowest BCUT2D eigenvalue weighted by molar-refractivity contribution is -0.571. The van der Waals surface area contributed by atoms with Gasteiger partial charge in [-0.25, -0.2) is 0 Å². The summed E-state index contributed by atoms with van der Waals surface area (Å²) in [4.78, 5) is 5.24. The molecule has 6 rings (SSSR count). The first-order chi connectivity index (χ1) is 17.6. The number of hydrogen-bond acceptors (Lipinski definition) is 1. The number of rotatable bonds is 2. The van der Waals surface area contributed by atoms with E-state index in [1.54, 1.807) is 0 Å². The predicted octanol–water partition coefficient (Wildman–Crippen LogP) is 7.56. The number of benzene rings is 3.